The van der Waals surface area contributed by atoms with Crippen LogP contribution in [-0.4, -0.2) is 21.8 Å². The third-order valence-electron chi connectivity index (χ3n) is 4.88. The fourth-order valence-corrected chi connectivity index (χ4v) is 3.94. The second-order valence-corrected chi connectivity index (χ2v) is 5.94. The topological polar surface area (TPSA) is 101 Å². The normalized spacial score (nSPS) is 31.9. The van der Waals surface area contributed by atoms with Gasteiger partial charge in [0.2, 0.25) is 11.8 Å². The Morgan fingerprint density at radius 3 is 2.27 bits per heavy atom. The number of hydrogen-bond donors (Lipinski definition) is 1. The monoisotopic (exact) mass is 300 g/mol. The summed E-state index contributed by atoms with van der Waals surface area (Å²) in [6.07, 6.45) is 4.74. The van der Waals surface area contributed by atoms with Crippen LogP contribution in [0.2, 0.25) is 0 Å². The lowest BCUT2D eigenvalue weighted by Crippen LogP contribution is -2.32. The highest BCUT2D eigenvalue weighted by Gasteiger charge is 2.60. The average molecular weight is 300 g/mol. The van der Waals surface area contributed by atoms with E-state index in [9.17, 15) is 24.8 Å². The number of non-ortho nitro benzene ring substituents is 1. The van der Waals surface area contributed by atoms with Crippen molar-refractivity contribution in [1.82, 2.24) is 0 Å². The van der Waals surface area contributed by atoms with Crippen LogP contribution in [0.25, 0.3) is 0 Å². The van der Waals surface area contributed by atoms with Gasteiger partial charge in [0.15, 0.2) is 0 Å². The summed E-state index contributed by atoms with van der Waals surface area (Å²) in [7, 11) is 0. The first-order chi connectivity index (χ1) is 10.5. The molecule has 1 heterocycles. The molecule has 1 aromatic carbocycles. The minimum Gasteiger partial charge on any atom is -0.506 e. The van der Waals surface area contributed by atoms with E-state index in [4.69, 9.17) is 0 Å². The van der Waals surface area contributed by atoms with E-state index in [1.165, 1.54) is 0 Å². The fraction of sp³-hybridized carbons (Fsp3) is 0.333. The van der Waals surface area contributed by atoms with Crippen LogP contribution in [-0.2, 0) is 9.59 Å². The Kier molecular flexibility index (Phi) is 2.46. The molecule has 0 spiro atoms. The van der Waals surface area contributed by atoms with Gasteiger partial charge in [-0.05, 0) is 24.3 Å². The molecular formula is C15H12N2O5. The lowest BCUT2D eigenvalue weighted by molar-refractivity contribution is -0.384. The molecule has 2 aliphatic carbocycles. The van der Waals surface area contributed by atoms with Gasteiger partial charge in [0.25, 0.3) is 5.69 Å². The van der Waals surface area contributed by atoms with Crippen LogP contribution in [0.5, 0.6) is 5.75 Å². The third kappa shape index (κ3) is 1.50. The quantitative estimate of drug-likeness (QED) is 0.387. The number of benzene rings is 1. The molecule has 1 saturated carbocycles. The van der Waals surface area contributed by atoms with Crippen molar-refractivity contribution in [2.24, 2.45) is 23.7 Å². The zero-order valence-electron chi connectivity index (χ0n) is 11.4. The summed E-state index contributed by atoms with van der Waals surface area (Å²) < 4.78 is 0. The van der Waals surface area contributed by atoms with Crippen molar-refractivity contribution in [2.75, 3.05) is 4.90 Å². The fourth-order valence-electron chi connectivity index (χ4n) is 3.94. The van der Waals surface area contributed by atoms with Crippen LogP contribution in [0.15, 0.2) is 30.4 Å². The lowest BCUT2D eigenvalue weighted by atomic mass is 9.85. The maximum atomic E-state index is 12.6. The zero-order valence-corrected chi connectivity index (χ0v) is 11.4. The van der Waals surface area contributed by atoms with Crippen molar-refractivity contribution in [2.45, 2.75) is 6.42 Å². The van der Waals surface area contributed by atoms with E-state index < -0.39 is 16.8 Å². The molecular weight excluding hydrogens is 288 g/mol. The van der Waals surface area contributed by atoms with Gasteiger partial charge < -0.3 is 5.11 Å². The number of nitro groups is 1. The summed E-state index contributed by atoms with van der Waals surface area (Å²) in [5.41, 5.74) is -0.371. The number of fused-ring (bicyclic) bond motifs is 5. The summed E-state index contributed by atoms with van der Waals surface area (Å²) in [6.45, 7) is 0. The van der Waals surface area contributed by atoms with E-state index >= 15 is 0 Å². The van der Waals surface area contributed by atoms with Gasteiger partial charge in [0, 0.05) is 12.1 Å². The Labute approximate surface area is 125 Å². The summed E-state index contributed by atoms with van der Waals surface area (Å²) in [5, 5.41) is 20.8. The molecule has 7 nitrogen and oxygen atoms in total. The van der Waals surface area contributed by atoms with Crippen LogP contribution in [0.1, 0.15) is 6.42 Å². The van der Waals surface area contributed by atoms with Crippen LogP contribution in [0, 0.1) is 33.8 Å². The molecule has 1 aliphatic heterocycles. The highest BCUT2D eigenvalue weighted by atomic mass is 16.6. The largest absolute Gasteiger partial charge is 0.506 e. The van der Waals surface area contributed by atoms with E-state index in [0.29, 0.717) is 0 Å². The Balaban J connectivity index is 1.79. The number of carbonyl (C=O) groups excluding carboxylic acids is 2. The van der Waals surface area contributed by atoms with Gasteiger partial charge in [-0.1, -0.05) is 12.2 Å². The summed E-state index contributed by atoms with van der Waals surface area (Å²) in [5.74, 6) is -1.75. The molecule has 0 aromatic heterocycles. The zero-order chi connectivity index (χ0) is 15.6. The lowest BCUT2D eigenvalue weighted by Gasteiger charge is -2.18. The molecule has 1 saturated heterocycles. The van der Waals surface area contributed by atoms with Crippen molar-refractivity contribution in [3.63, 3.8) is 0 Å². The second kappa shape index (κ2) is 4.16. The molecule has 0 unspecified atom stereocenters. The van der Waals surface area contributed by atoms with Crippen molar-refractivity contribution in [3.8, 4) is 5.75 Å². The van der Waals surface area contributed by atoms with E-state index in [1.54, 1.807) is 0 Å². The molecule has 2 fully saturated rings. The highest BCUT2D eigenvalue weighted by molar-refractivity contribution is 6.23. The van der Waals surface area contributed by atoms with Crippen molar-refractivity contribution >= 4 is 23.2 Å². The van der Waals surface area contributed by atoms with Crippen molar-refractivity contribution in [1.29, 1.82) is 0 Å². The first-order valence-corrected chi connectivity index (χ1v) is 7.02. The molecule has 2 amide bonds. The highest BCUT2D eigenvalue weighted by Crippen LogP contribution is 2.54. The SMILES string of the molecule is O=C1[C@H]2[C@H](C(=O)N1c1cc([N+](=O)[O-])ccc1O)[C@H]1C=C[C@H]2C1. The van der Waals surface area contributed by atoms with Crippen molar-refractivity contribution < 1.29 is 19.6 Å². The van der Waals surface area contributed by atoms with E-state index in [0.717, 1.165) is 29.5 Å². The molecule has 3 aliphatic rings. The van der Waals surface area contributed by atoms with Gasteiger partial charge in [0.1, 0.15) is 11.4 Å². The number of nitro benzene ring substituents is 1. The molecule has 4 rings (SSSR count). The van der Waals surface area contributed by atoms with Gasteiger partial charge in [-0.15, -0.1) is 0 Å². The first-order valence-electron chi connectivity index (χ1n) is 7.02. The molecule has 7 heteroatoms. The molecule has 1 aromatic rings. The van der Waals surface area contributed by atoms with Crippen LogP contribution in [0.4, 0.5) is 11.4 Å². The Hall–Kier alpha value is -2.70. The number of phenolic OH excluding ortho intramolecular Hbond substituents is 1. The molecule has 0 radical (unpaired) electrons. The Bertz CT molecular complexity index is 726. The molecule has 4 atom stereocenters. The van der Waals surface area contributed by atoms with E-state index in [1.807, 2.05) is 12.2 Å². The minimum atomic E-state index is -0.625. The van der Waals surface area contributed by atoms with Gasteiger partial charge in [-0.25, -0.2) is 4.90 Å². The second-order valence-electron chi connectivity index (χ2n) is 5.94. The van der Waals surface area contributed by atoms with Crippen LogP contribution in [0.3, 0.4) is 0 Å². The number of carbonyl (C=O) groups is 2. The first kappa shape index (κ1) is 13.0. The maximum Gasteiger partial charge on any atom is 0.271 e. The average Bonchev–Trinajstić information content (AvgIpc) is 3.14. The Morgan fingerprint density at radius 2 is 1.73 bits per heavy atom. The van der Waals surface area contributed by atoms with Gasteiger partial charge in [-0.2, -0.15) is 0 Å². The number of aromatic hydroxyl groups is 1. The van der Waals surface area contributed by atoms with Gasteiger partial charge >= 0.3 is 0 Å². The Morgan fingerprint density at radius 1 is 1.14 bits per heavy atom. The molecule has 112 valence electrons. The molecule has 2 bridgehead atoms. The molecule has 1 N–H and O–H groups in total. The number of nitrogens with zero attached hydrogens (tertiary/aromatic N) is 2. The number of anilines is 1. The number of imide groups is 1. The van der Waals surface area contributed by atoms with E-state index in [-0.39, 0.29) is 40.8 Å². The summed E-state index contributed by atoms with van der Waals surface area (Å²) >= 11 is 0. The number of rotatable bonds is 2. The van der Waals surface area contributed by atoms with Crippen LogP contribution >= 0.6 is 0 Å². The minimum absolute atomic E-state index is 0.0530. The van der Waals surface area contributed by atoms with Crippen LogP contribution < -0.4 is 4.90 Å². The number of amides is 2. The standard InChI is InChI=1S/C15H12N2O5/c18-11-4-3-9(17(21)22)6-10(11)16-14(19)12-7-1-2-8(5-7)13(12)15(16)20/h1-4,6-8,12-13,18H,5H2/t7-,8-,12+,13+/m0/s1. The number of phenols is 1. The van der Waals surface area contributed by atoms with E-state index in [2.05, 4.69) is 0 Å². The van der Waals surface area contributed by atoms with Gasteiger partial charge in [0.05, 0.1) is 16.8 Å². The van der Waals surface area contributed by atoms with Crippen molar-refractivity contribution in [3.05, 3.63) is 40.5 Å². The van der Waals surface area contributed by atoms with Gasteiger partial charge in [-0.3, -0.25) is 19.7 Å². The summed E-state index contributed by atoms with van der Waals surface area (Å²) in [6, 6.07) is 3.34. The predicted octanol–water partition coefficient (Wildman–Crippen LogP) is 1.61. The summed E-state index contributed by atoms with van der Waals surface area (Å²) in [4.78, 5) is 36.4. The molecule has 22 heavy (non-hydrogen) atoms. The number of allylic oxidation sites excluding steroid dienone is 2. The smallest absolute Gasteiger partial charge is 0.271 e. The number of hydrogen-bond acceptors (Lipinski definition) is 5. The third-order valence-corrected chi connectivity index (χ3v) is 4.88. The maximum absolute atomic E-state index is 12.6. The predicted molar refractivity (Wildman–Crippen MR) is 75.0 cm³/mol.